The van der Waals surface area contributed by atoms with Crippen molar-refractivity contribution in [3.8, 4) is 0 Å². The van der Waals surface area contributed by atoms with Crippen molar-refractivity contribution in [1.82, 2.24) is 5.01 Å². The Morgan fingerprint density at radius 2 is 1.84 bits per heavy atom. The third kappa shape index (κ3) is 3.61. The van der Waals surface area contributed by atoms with Gasteiger partial charge in [-0.15, -0.1) is 0 Å². The fourth-order valence-corrected chi connectivity index (χ4v) is 1.95. The molecule has 19 heavy (non-hydrogen) atoms. The Balaban J connectivity index is 1.98. The maximum atomic E-state index is 11.8. The van der Waals surface area contributed by atoms with Gasteiger partial charge in [-0.1, -0.05) is 0 Å². The summed E-state index contributed by atoms with van der Waals surface area (Å²) >= 11 is 0. The number of hydrogen-bond donors (Lipinski definition) is 0. The van der Waals surface area contributed by atoms with Gasteiger partial charge < -0.3 is 0 Å². The van der Waals surface area contributed by atoms with Crippen molar-refractivity contribution in [1.29, 1.82) is 0 Å². The van der Waals surface area contributed by atoms with E-state index in [9.17, 15) is 14.9 Å². The number of nitrogens with zero attached hydrogens (tertiary/aromatic N) is 3. The van der Waals surface area contributed by atoms with Gasteiger partial charge in [-0.3, -0.25) is 19.9 Å². The lowest BCUT2D eigenvalue weighted by Crippen LogP contribution is -2.25. The van der Waals surface area contributed by atoms with Crippen molar-refractivity contribution in [3.05, 3.63) is 39.9 Å². The molecule has 1 fully saturated rings. The van der Waals surface area contributed by atoms with Crippen LogP contribution in [0.1, 0.15) is 29.6 Å². The summed E-state index contributed by atoms with van der Waals surface area (Å²) in [6.45, 7) is 1.76. The molecule has 0 spiro atoms. The van der Waals surface area contributed by atoms with Crippen LogP contribution < -0.4 is 0 Å². The molecule has 6 heteroatoms. The molecule has 100 valence electrons. The highest BCUT2D eigenvalue weighted by Crippen LogP contribution is 2.12. The predicted molar refractivity (Wildman–Crippen MR) is 71.3 cm³/mol. The maximum absolute atomic E-state index is 11.8. The molecular formula is C13H15N3O3. The summed E-state index contributed by atoms with van der Waals surface area (Å²) < 4.78 is 0. The molecule has 1 aliphatic heterocycles. The van der Waals surface area contributed by atoms with Gasteiger partial charge in [-0.05, 0) is 31.4 Å². The summed E-state index contributed by atoms with van der Waals surface area (Å²) in [7, 11) is 0. The third-order valence-electron chi connectivity index (χ3n) is 3.03. The Hall–Kier alpha value is -2.24. The molecule has 0 amide bonds. The number of hydrazone groups is 1. The highest BCUT2D eigenvalue weighted by atomic mass is 16.6. The van der Waals surface area contributed by atoms with Crippen LogP contribution in [0.15, 0.2) is 29.4 Å². The van der Waals surface area contributed by atoms with Crippen LogP contribution >= 0.6 is 0 Å². The van der Waals surface area contributed by atoms with Gasteiger partial charge in [0.15, 0.2) is 0 Å². The van der Waals surface area contributed by atoms with E-state index in [4.69, 9.17) is 0 Å². The highest BCUT2D eigenvalue weighted by molar-refractivity contribution is 6.35. The van der Waals surface area contributed by atoms with Crippen LogP contribution in [0.3, 0.4) is 0 Å². The number of benzene rings is 1. The molecule has 1 saturated heterocycles. The van der Waals surface area contributed by atoms with E-state index in [0.29, 0.717) is 5.56 Å². The number of rotatable bonds is 4. The number of nitro groups is 1. The number of hydrogen-bond acceptors (Lipinski definition) is 5. The summed E-state index contributed by atoms with van der Waals surface area (Å²) in [4.78, 5) is 21.8. The SMILES string of the molecule is O=C(C=NN1CCCCC1)c1ccc([N+](=O)[O-])cc1. The minimum Gasteiger partial charge on any atom is -0.297 e. The van der Waals surface area contributed by atoms with Crippen molar-refractivity contribution < 1.29 is 9.72 Å². The lowest BCUT2D eigenvalue weighted by molar-refractivity contribution is -0.384. The van der Waals surface area contributed by atoms with Crippen LogP contribution in [0, 0.1) is 10.1 Å². The standard InChI is InChI=1S/C13H15N3O3/c17-13(10-14-15-8-2-1-3-9-15)11-4-6-12(7-5-11)16(18)19/h4-7,10H,1-3,8-9H2. The predicted octanol–water partition coefficient (Wildman–Crippen LogP) is 2.25. The number of non-ortho nitro benzene ring substituents is 1. The van der Waals surface area contributed by atoms with Gasteiger partial charge in [-0.25, -0.2) is 0 Å². The number of carbonyl (C=O) groups is 1. The first-order chi connectivity index (χ1) is 9.16. The number of ketones is 1. The summed E-state index contributed by atoms with van der Waals surface area (Å²) in [6.07, 6.45) is 4.70. The molecular weight excluding hydrogens is 246 g/mol. The fraction of sp³-hybridized carbons (Fsp3) is 0.385. The Kier molecular flexibility index (Phi) is 4.22. The first-order valence-corrected chi connectivity index (χ1v) is 6.24. The zero-order valence-electron chi connectivity index (χ0n) is 10.5. The summed E-state index contributed by atoms with van der Waals surface area (Å²) in [5.74, 6) is -0.236. The van der Waals surface area contributed by atoms with Crippen LogP contribution in [0.5, 0.6) is 0 Å². The number of carbonyl (C=O) groups excluding carboxylic acids is 1. The molecule has 0 radical (unpaired) electrons. The monoisotopic (exact) mass is 261 g/mol. The van der Waals surface area contributed by atoms with E-state index in [2.05, 4.69) is 5.10 Å². The van der Waals surface area contributed by atoms with E-state index in [1.54, 1.807) is 0 Å². The van der Waals surface area contributed by atoms with E-state index in [1.807, 2.05) is 5.01 Å². The Labute approximate surface area is 110 Å². The topological polar surface area (TPSA) is 75.8 Å². The van der Waals surface area contributed by atoms with Crippen molar-refractivity contribution in [2.45, 2.75) is 19.3 Å². The molecule has 1 aromatic rings. The maximum Gasteiger partial charge on any atom is 0.269 e. The summed E-state index contributed by atoms with van der Waals surface area (Å²) in [5, 5.41) is 16.5. The lowest BCUT2D eigenvalue weighted by Gasteiger charge is -2.22. The Morgan fingerprint density at radius 3 is 2.42 bits per heavy atom. The highest BCUT2D eigenvalue weighted by Gasteiger charge is 2.10. The van der Waals surface area contributed by atoms with E-state index in [-0.39, 0.29) is 11.5 Å². The van der Waals surface area contributed by atoms with Gasteiger partial charge in [0.25, 0.3) is 5.69 Å². The second-order valence-electron chi connectivity index (χ2n) is 4.43. The van der Waals surface area contributed by atoms with Crippen molar-refractivity contribution in [2.24, 2.45) is 5.10 Å². The first kappa shape index (κ1) is 13.2. The van der Waals surface area contributed by atoms with E-state index in [0.717, 1.165) is 25.9 Å². The van der Waals surface area contributed by atoms with Gasteiger partial charge in [0.1, 0.15) is 0 Å². The molecule has 6 nitrogen and oxygen atoms in total. The minimum atomic E-state index is -0.490. The Bertz CT molecular complexity index is 490. The van der Waals surface area contributed by atoms with Crippen LogP contribution in [0.2, 0.25) is 0 Å². The van der Waals surface area contributed by atoms with Gasteiger partial charge in [-0.2, -0.15) is 5.10 Å². The van der Waals surface area contributed by atoms with Gasteiger partial charge >= 0.3 is 0 Å². The van der Waals surface area contributed by atoms with Crippen LogP contribution in [-0.2, 0) is 0 Å². The van der Waals surface area contributed by atoms with Gasteiger partial charge in [0.05, 0.1) is 11.1 Å². The molecule has 1 heterocycles. The van der Waals surface area contributed by atoms with E-state index in [1.165, 1.54) is 36.9 Å². The molecule has 2 rings (SSSR count). The van der Waals surface area contributed by atoms with Crippen molar-refractivity contribution in [2.75, 3.05) is 13.1 Å². The molecule has 0 aromatic heterocycles. The quantitative estimate of drug-likeness (QED) is 0.360. The first-order valence-electron chi connectivity index (χ1n) is 6.24. The van der Waals surface area contributed by atoms with Gasteiger partial charge in [0, 0.05) is 30.8 Å². The number of nitro benzene ring substituents is 1. The third-order valence-corrected chi connectivity index (χ3v) is 3.03. The van der Waals surface area contributed by atoms with Gasteiger partial charge in [0.2, 0.25) is 5.78 Å². The average Bonchev–Trinajstić information content (AvgIpc) is 2.46. The smallest absolute Gasteiger partial charge is 0.269 e. The molecule has 0 N–H and O–H groups in total. The molecule has 0 aliphatic carbocycles. The number of Topliss-reactive ketones (excluding diaryl/α,β-unsaturated/α-hetero) is 1. The minimum absolute atomic E-state index is 0.0236. The molecule has 1 aliphatic rings. The zero-order valence-corrected chi connectivity index (χ0v) is 10.5. The Morgan fingerprint density at radius 1 is 1.21 bits per heavy atom. The molecule has 0 bridgehead atoms. The average molecular weight is 261 g/mol. The van der Waals surface area contributed by atoms with Crippen LogP contribution in [0.4, 0.5) is 5.69 Å². The summed E-state index contributed by atoms with van der Waals surface area (Å²) in [6, 6.07) is 5.54. The van der Waals surface area contributed by atoms with Crippen molar-refractivity contribution in [3.63, 3.8) is 0 Å². The molecule has 0 atom stereocenters. The molecule has 0 saturated carbocycles. The zero-order chi connectivity index (χ0) is 13.7. The van der Waals surface area contributed by atoms with Crippen molar-refractivity contribution >= 4 is 17.7 Å². The second kappa shape index (κ2) is 6.08. The van der Waals surface area contributed by atoms with E-state index < -0.39 is 4.92 Å². The van der Waals surface area contributed by atoms with Crippen LogP contribution in [-0.4, -0.2) is 35.0 Å². The molecule has 1 aromatic carbocycles. The number of piperidine rings is 1. The fourth-order valence-electron chi connectivity index (χ4n) is 1.95. The second-order valence-corrected chi connectivity index (χ2v) is 4.43. The lowest BCUT2D eigenvalue weighted by atomic mass is 10.1. The van der Waals surface area contributed by atoms with E-state index >= 15 is 0 Å². The normalized spacial score (nSPS) is 15.7. The molecule has 0 unspecified atom stereocenters. The van der Waals surface area contributed by atoms with Crippen LogP contribution in [0.25, 0.3) is 0 Å². The summed E-state index contributed by atoms with van der Waals surface area (Å²) in [5.41, 5.74) is 0.385. The largest absolute Gasteiger partial charge is 0.297 e.